The summed E-state index contributed by atoms with van der Waals surface area (Å²) in [5, 5.41) is 15.7. The van der Waals surface area contributed by atoms with E-state index in [0.717, 1.165) is 16.8 Å². The topological polar surface area (TPSA) is 112 Å². The molecule has 3 N–H and O–H groups in total. The molecule has 1 aliphatic heterocycles. The fourth-order valence-electron chi connectivity index (χ4n) is 3.46. The number of carbonyl (C=O) groups is 2. The first-order chi connectivity index (χ1) is 15.5. The SMILES string of the molecule is CC(=O)NC(=O)[C@@H]1CN(c2ccc(-c3ccc(CNCc4cnn[nH]4)cc3)c(F)c2)CO1.Cl. The summed E-state index contributed by atoms with van der Waals surface area (Å²) >= 11 is 0. The molecule has 1 saturated heterocycles. The first-order valence-corrected chi connectivity index (χ1v) is 10.1. The molecule has 33 heavy (non-hydrogen) atoms. The molecule has 1 aliphatic rings. The Morgan fingerprint density at radius 1 is 1.21 bits per heavy atom. The van der Waals surface area contributed by atoms with Crippen LogP contribution < -0.4 is 15.5 Å². The largest absolute Gasteiger partial charge is 0.346 e. The summed E-state index contributed by atoms with van der Waals surface area (Å²) < 4.78 is 20.3. The molecule has 4 rings (SSSR count). The van der Waals surface area contributed by atoms with Crippen LogP contribution in [0.25, 0.3) is 11.1 Å². The van der Waals surface area contributed by atoms with E-state index in [9.17, 15) is 14.0 Å². The number of ether oxygens (including phenoxy) is 1. The zero-order valence-electron chi connectivity index (χ0n) is 17.9. The Kier molecular flexibility index (Phi) is 8.10. The quantitative estimate of drug-likeness (QED) is 0.481. The van der Waals surface area contributed by atoms with Crippen molar-refractivity contribution in [2.24, 2.45) is 0 Å². The van der Waals surface area contributed by atoms with Gasteiger partial charge in [0, 0.05) is 31.3 Å². The van der Waals surface area contributed by atoms with E-state index in [4.69, 9.17) is 4.74 Å². The van der Waals surface area contributed by atoms with Gasteiger partial charge >= 0.3 is 0 Å². The number of amides is 2. The van der Waals surface area contributed by atoms with Gasteiger partial charge in [-0.15, -0.1) is 17.5 Å². The van der Waals surface area contributed by atoms with E-state index in [1.54, 1.807) is 23.2 Å². The summed E-state index contributed by atoms with van der Waals surface area (Å²) in [5.41, 5.74) is 3.84. The van der Waals surface area contributed by atoms with Crippen molar-refractivity contribution in [2.45, 2.75) is 26.1 Å². The van der Waals surface area contributed by atoms with Crippen LogP contribution in [-0.2, 0) is 27.4 Å². The smallest absolute Gasteiger partial charge is 0.257 e. The monoisotopic (exact) mass is 474 g/mol. The molecular formula is C22H24ClFN6O3. The summed E-state index contributed by atoms with van der Waals surface area (Å²) in [5.74, 6) is -1.30. The van der Waals surface area contributed by atoms with E-state index in [0.29, 0.717) is 24.3 Å². The fourth-order valence-corrected chi connectivity index (χ4v) is 3.46. The van der Waals surface area contributed by atoms with Gasteiger partial charge in [-0.2, -0.15) is 0 Å². The summed E-state index contributed by atoms with van der Waals surface area (Å²) in [6, 6.07) is 12.6. The van der Waals surface area contributed by atoms with Gasteiger partial charge in [-0.25, -0.2) is 4.39 Å². The molecule has 2 heterocycles. The molecule has 174 valence electrons. The summed E-state index contributed by atoms with van der Waals surface area (Å²) in [6.45, 7) is 2.94. The maximum absolute atomic E-state index is 14.9. The van der Waals surface area contributed by atoms with Crippen LogP contribution in [0.2, 0.25) is 0 Å². The molecule has 0 aliphatic carbocycles. The molecule has 1 aromatic heterocycles. The number of hydrogen-bond donors (Lipinski definition) is 3. The number of anilines is 1. The predicted octanol–water partition coefficient (Wildman–Crippen LogP) is 2.15. The first kappa shape index (κ1) is 24.3. The summed E-state index contributed by atoms with van der Waals surface area (Å²) in [4.78, 5) is 24.7. The minimum atomic E-state index is -0.771. The second-order valence-corrected chi connectivity index (χ2v) is 7.50. The van der Waals surface area contributed by atoms with Crippen molar-refractivity contribution >= 4 is 29.9 Å². The number of halogens is 2. The van der Waals surface area contributed by atoms with Crippen LogP contribution in [-0.4, -0.2) is 46.6 Å². The average Bonchev–Trinajstić information content (AvgIpc) is 3.46. The molecular weight excluding hydrogens is 451 g/mol. The van der Waals surface area contributed by atoms with Crippen LogP contribution in [0.1, 0.15) is 18.2 Å². The molecule has 0 spiro atoms. The van der Waals surface area contributed by atoms with Crippen molar-refractivity contribution in [1.29, 1.82) is 0 Å². The van der Waals surface area contributed by atoms with Crippen LogP contribution in [0.5, 0.6) is 0 Å². The number of imide groups is 1. The Morgan fingerprint density at radius 3 is 2.67 bits per heavy atom. The minimum absolute atomic E-state index is 0. The van der Waals surface area contributed by atoms with Crippen LogP contribution in [0.3, 0.4) is 0 Å². The van der Waals surface area contributed by atoms with Crippen LogP contribution in [0.15, 0.2) is 48.7 Å². The van der Waals surface area contributed by atoms with Crippen LogP contribution in [0.4, 0.5) is 10.1 Å². The lowest BCUT2D eigenvalue weighted by molar-refractivity contribution is -0.135. The number of aromatic amines is 1. The van der Waals surface area contributed by atoms with Crippen LogP contribution in [0, 0.1) is 5.82 Å². The number of nitrogens with one attached hydrogen (secondary N) is 3. The Bertz CT molecular complexity index is 1090. The highest BCUT2D eigenvalue weighted by Crippen LogP contribution is 2.28. The Morgan fingerprint density at radius 2 is 2.00 bits per heavy atom. The lowest BCUT2D eigenvalue weighted by atomic mass is 10.0. The second-order valence-electron chi connectivity index (χ2n) is 7.50. The maximum Gasteiger partial charge on any atom is 0.257 e. The first-order valence-electron chi connectivity index (χ1n) is 10.1. The van der Waals surface area contributed by atoms with Crippen molar-refractivity contribution in [3.63, 3.8) is 0 Å². The number of benzene rings is 2. The molecule has 2 aromatic carbocycles. The lowest BCUT2D eigenvalue weighted by Crippen LogP contribution is -2.39. The Labute approximate surface area is 196 Å². The third-order valence-electron chi connectivity index (χ3n) is 5.10. The normalized spacial score (nSPS) is 15.2. The average molecular weight is 475 g/mol. The third kappa shape index (κ3) is 6.13. The van der Waals surface area contributed by atoms with Gasteiger partial charge in [0.15, 0.2) is 6.10 Å². The number of hydrogen-bond acceptors (Lipinski definition) is 7. The third-order valence-corrected chi connectivity index (χ3v) is 5.10. The summed E-state index contributed by atoms with van der Waals surface area (Å²) in [7, 11) is 0. The van der Waals surface area contributed by atoms with Gasteiger partial charge in [0.1, 0.15) is 12.5 Å². The summed E-state index contributed by atoms with van der Waals surface area (Å²) in [6.07, 6.45) is 0.894. The predicted molar refractivity (Wildman–Crippen MR) is 122 cm³/mol. The molecule has 1 fully saturated rings. The number of carbonyl (C=O) groups excluding carboxylic acids is 2. The molecule has 0 unspecified atom stereocenters. The van der Waals surface area contributed by atoms with Crippen molar-refractivity contribution in [2.75, 3.05) is 18.2 Å². The minimum Gasteiger partial charge on any atom is -0.346 e. The molecule has 1 atom stereocenters. The number of rotatable bonds is 7. The van der Waals surface area contributed by atoms with E-state index >= 15 is 0 Å². The molecule has 11 heteroatoms. The van der Waals surface area contributed by atoms with Crippen molar-refractivity contribution in [3.05, 3.63) is 65.7 Å². The van der Waals surface area contributed by atoms with Gasteiger partial charge in [0.25, 0.3) is 5.91 Å². The second kappa shape index (κ2) is 11.0. The highest BCUT2D eigenvalue weighted by atomic mass is 35.5. The van der Waals surface area contributed by atoms with E-state index in [1.807, 2.05) is 24.3 Å². The standard InChI is InChI=1S/C22H23FN6O3.ClH/c1-14(30)26-22(31)21-12-29(13-32-21)18-6-7-19(20(23)8-18)16-4-2-15(3-5-16)9-24-10-17-11-25-28-27-17;/h2-8,11,21,24H,9-10,12-13H2,1H3,(H,25,27,28)(H,26,30,31);1H/t21-;/m0./s1. The Balaban J connectivity index is 0.00000306. The highest BCUT2D eigenvalue weighted by Gasteiger charge is 2.30. The van der Waals surface area contributed by atoms with Crippen molar-refractivity contribution < 1.29 is 18.7 Å². The van der Waals surface area contributed by atoms with Gasteiger partial charge in [-0.05, 0) is 29.3 Å². The fraction of sp³-hybridized carbons (Fsp3) is 0.273. The van der Waals surface area contributed by atoms with Crippen LogP contribution >= 0.6 is 12.4 Å². The van der Waals surface area contributed by atoms with Gasteiger partial charge in [0.2, 0.25) is 5.91 Å². The van der Waals surface area contributed by atoms with Crippen molar-refractivity contribution in [1.82, 2.24) is 26.0 Å². The van der Waals surface area contributed by atoms with Gasteiger partial charge in [-0.1, -0.05) is 29.5 Å². The molecule has 0 bridgehead atoms. The van der Waals surface area contributed by atoms with E-state index in [1.165, 1.54) is 13.0 Å². The maximum atomic E-state index is 14.9. The molecule has 3 aromatic rings. The molecule has 0 radical (unpaired) electrons. The zero-order chi connectivity index (χ0) is 22.5. The number of aromatic nitrogens is 3. The van der Waals surface area contributed by atoms with Gasteiger partial charge in [0.05, 0.1) is 18.4 Å². The molecule has 2 amide bonds. The van der Waals surface area contributed by atoms with Crippen molar-refractivity contribution in [3.8, 4) is 11.1 Å². The van der Waals surface area contributed by atoms with E-state index < -0.39 is 17.9 Å². The molecule has 0 saturated carbocycles. The van der Waals surface area contributed by atoms with Gasteiger partial charge < -0.3 is 15.0 Å². The van der Waals surface area contributed by atoms with E-state index in [-0.39, 0.29) is 31.5 Å². The van der Waals surface area contributed by atoms with Gasteiger partial charge in [-0.3, -0.25) is 20.0 Å². The van der Waals surface area contributed by atoms with E-state index in [2.05, 4.69) is 26.0 Å². The lowest BCUT2D eigenvalue weighted by Gasteiger charge is -2.17. The number of nitrogens with zero attached hydrogens (tertiary/aromatic N) is 3. The highest BCUT2D eigenvalue weighted by molar-refractivity contribution is 5.96. The molecule has 9 nitrogen and oxygen atoms in total. The number of H-pyrrole nitrogens is 1. The Hall–Kier alpha value is -3.34. The zero-order valence-corrected chi connectivity index (χ0v) is 18.7.